The van der Waals surface area contributed by atoms with Gasteiger partial charge in [-0.25, -0.2) is 13.1 Å². The predicted octanol–water partition coefficient (Wildman–Crippen LogP) is 2.40. The van der Waals surface area contributed by atoms with Crippen molar-refractivity contribution in [3.05, 3.63) is 59.2 Å². The van der Waals surface area contributed by atoms with Crippen LogP contribution in [0.4, 0.5) is 0 Å². The quantitative estimate of drug-likeness (QED) is 0.740. The summed E-state index contributed by atoms with van der Waals surface area (Å²) in [5, 5.41) is 11.1. The topological polar surface area (TPSA) is 92.7 Å². The summed E-state index contributed by atoms with van der Waals surface area (Å²) in [6.45, 7) is 1.30. The zero-order valence-corrected chi connectivity index (χ0v) is 16.2. The van der Waals surface area contributed by atoms with Crippen LogP contribution in [0.25, 0.3) is 0 Å². The molecule has 2 aromatic rings. The van der Waals surface area contributed by atoms with Crippen molar-refractivity contribution in [3.63, 3.8) is 0 Å². The summed E-state index contributed by atoms with van der Waals surface area (Å²) in [6, 6.07) is 11.2. The number of fused-ring (bicyclic) bond motifs is 1. The Bertz CT molecular complexity index is 953. The second-order valence-corrected chi connectivity index (χ2v) is 8.58. The monoisotopic (exact) mass is 389 g/mol. The third-order valence-corrected chi connectivity index (χ3v) is 6.39. The molecule has 1 atom stereocenters. The lowest BCUT2D eigenvalue weighted by Crippen LogP contribution is -2.42. The van der Waals surface area contributed by atoms with Gasteiger partial charge in [-0.15, -0.1) is 0 Å². The molecule has 1 unspecified atom stereocenters. The van der Waals surface area contributed by atoms with Crippen LogP contribution in [-0.4, -0.2) is 33.0 Å². The summed E-state index contributed by atoms with van der Waals surface area (Å²) in [5.74, 6) is 0.583. The van der Waals surface area contributed by atoms with Crippen molar-refractivity contribution >= 4 is 15.8 Å². The maximum atomic E-state index is 12.6. The highest BCUT2D eigenvalue weighted by Gasteiger charge is 2.35. The number of benzene rings is 2. The first-order chi connectivity index (χ1) is 12.7. The van der Waals surface area contributed by atoms with Gasteiger partial charge in [0.2, 0.25) is 10.0 Å². The van der Waals surface area contributed by atoms with E-state index in [1.807, 2.05) is 6.07 Å². The van der Waals surface area contributed by atoms with E-state index in [9.17, 15) is 18.3 Å². The van der Waals surface area contributed by atoms with Crippen molar-refractivity contribution in [2.24, 2.45) is 0 Å². The van der Waals surface area contributed by atoms with Gasteiger partial charge in [0.05, 0.1) is 12.0 Å². The molecule has 7 heteroatoms. The van der Waals surface area contributed by atoms with E-state index in [1.165, 1.54) is 31.2 Å². The van der Waals surface area contributed by atoms with Crippen molar-refractivity contribution < 1.29 is 23.1 Å². The number of ketones is 1. The van der Waals surface area contributed by atoms with Crippen LogP contribution >= 0.6 is 0 Å². The van der Waals surface area contributed by atoms with Crippen LogP contribution in [0.1, 0.15) is 41.3 Å². The number of aliphatic hydroxyl groups is 1. The summed E-state index contributed by atoms with van der Waals surface area (Å²) in [5.41, 5.74) is 0.867. The molecule has 0 saturated carbocycles. The Morgan fingerprint density at radius 2 is 1.93 bits per heavy atom. The molecule has 0 radical (unpaired) electrons. The largest absolute Gasteiger partial charge is 0.497 e. The van der Waals surface area contributed by atoms with E-state index in [1.54, 1.807) is 19.2 Å². The third kappa shape index (κ3) is 4.05. The fourth-order valence-corrected chi connectivity index (χ4v) is 4.50. The molecule has 0 saturated heterocycles. The highest BCUT2D eigenvalue weighted by molar-refractivity contribution is 7.89. The van der Waals surface area contributed by atoms with Gasteiger partial charge in [-0.2, -0.15) is 0 Å². The number of Topliss-reactive ketones (excluding diaryl/α,β-unsaturated/α-hetero) is 1. The smallest absolute Gasteiger partial charge is 0.240 e. The molecule has 144 valence electrons. The number of carbonyl (C=O) groups excluding carboxylic acids is 1. The Kier molecular flexibility index (Phi) is 5.37. The van der Waals surface area contributed by atoms with Crippen LogP contribution in [-0.2, 0) is 22.0 Å². The molecule has 0 aromatic heterocycles. The normalized spacial score (nSPS) is 19.4. The molecule has 0 heterocycles. The summed E-state index contributed by atoms with van der Waals surface area (Å²) < 4.78 is 32.9. The van der Waals surface area contributed by atoms with E-state index in [2.05, 4.69) is 4.72 Å². The predicted molar refractivity (Wildman–Crippen MR) is 101 cm³/mol. The number of sulfonamides is 1. The average molecular weight is 389 g/mol. The molecule has 0 amide bonds. The molecule has 6 nitrogen and oxygen atoms in total. The molecular weight excluding hydrogens is 366 g/mol. The van der Waals surface area contributed by atoms with Gasteiger partial charge in [-0.3, -0.25) is 4.79 Å². The summed E-state index contributed by atoms with van der Waals surface area (Å²) in [6.07, 6.45) is 2.04. The minimum atomic E-state index is -3.80. The van der Waals surface area contributed by atoms with Gasteiger partial charge < -0.3 is 9.84 Å². The van der Waals surface area contributed by atoms with Gasteiger partial charge in [0.15, 0.2) is 5.78 Å². The van der Waals surface area contributed by atoms with Gasteiger partial charge in [0.25, 0.3) is 0 Å². The SMILES string of the molecule is COc1ccc2c(c1)CCCC2(O)CNS(=O)(=O)c1ccc(C(C)=O)cc1. The minimum absolute atomic E-state index is 0.0573. The zero-order chi connectivity index (χ0) is 19.7. The molecular formula is C20H23NO5S. The van der Waals surface area contributed by atoms with Crippen molar-refractivity contribution in [1.82, 2.24) is 4.72 Å². The molecule has 1 aliphatic carbocycles. The summed E-state index contributed by atoms with van der Waals surface area (Å²) in [7, 11) is -2.22. The lowest BCUT2D eigenvalue weighted by Gasteiger charge is -2.34. The first-order valence-electron chi connectivity index (χ1n) is 8.76. The molecule has 1 aliphatic rings. The highest BCUT2D eigenvalue weighted by atomic mass is 32.2. The molecule has 0 aliphatic heterocycles. The molecule has 0 spiro atoms. The number of aryl methyl sites for hydroxylation is 1. The van der Waals surface area contributed by atoms with Crippen molar-refractivity contribution in [2.75, 3.05) is 13.7 Å². The Morgan fingerprint density at radius 3 is 2.56 bits per heavy atom. The van der Waals surface area contributed by atoms with Gasteiger partial charge in [-0.05, 0) is 61.6 Å². The zero-order valence-electron chi connectivity index (χ0n) is 15.4. The first kappa shape index (κ1) is 19.5. The fourth-order valence-electron chi connectivity index (χ4n) is 3.41. The number of ether oxygens (including phenoxy) is 1. The van der Waals surface area contributed by atoms with Crippen LogP contribution in [0.3, 0.4) is 0 Å². The third-order valence-electron chi connectivity index (χ3n) is 4.98. The van der Waals surface area contributed by atoms with E-state index in [4.69, 9.17) is 4.74 Å². The van der Waals surface area contributed by atoms with Crippen LogP contribution < -0.4 is 9.46 Å². The number of methoxy groups -OCH3 is 1. The number of carbonyl (C=O) groups is 1. The highest BCUT2D eigenvalue weighted by Crippen LogP contribution is 2.36. The van der Waals surface area contributed by atoms with Crippen LogP contribution in [0.2, 0.25) is 0 Å². The summed E-state index contributed by atoms with van der Waals surface area (Å²) >= 11 is 0. The van der Waals surface area contributed by atoms with Crippen molar-refractivity contribution in [1.29, 1.82) is 0 Å². The van der Waals surface area contributed by atoms with Gasteiger partial charge in [-0.1, -0.05) is 18.2 Å². The fraction of sp³-hybridized carbons (Fsp3) is 0.350. The Labute approximate surface area is 159 Å². The van der Waals surface area contributed by atoms with E-state index >= 15 is 0 Å². The maximum Gasteiger partial charge on any atom is 0.240 e. The Balaban J connectivity index is 1.80. The van der Waals surface area contributed by atoms with Crippen molar-refractivity contribution in [3.8, 4) is 5.75 Å². The molecule has 2 N–H and O–H groups in total. The lowest BCUT2D eigenvalue weighted by atomic mass is 9.79. The van der Waals surface area contributed by atoms with Crippen LogP contribution in [0.15, 0.2) is 47.4 Å². The minimum Gasteiger partial charge on any atom is -0.497 e. The molecule has 27 heavy (non-hydrogen) atoms. The first-order valence-corrected chi connectivity index (χ1v) is 10.2. The van der Waals surface area contributed by atoms with Crippen molar-refractivity contribution in [2.45, 2.75) is 36.7 Å². The second-order valence-electron chi connectivity index (χ2n) is 6.81. The Morgan fingerprint density at radius 1 is 1.22 bits per heavy atom. The lowest BCUT2D eigenvalue weighted by molar-refractivity contribution is 0.0242. The van der Waals surface area contributed by atoms with E-state index < -0.39 is 15.6 Å². The molecule has 0 bridgehead atoms. The number of hydrogen-bond acceptors (Lipinski definition) is 5. The molecule has 0 fully saturated rings. The average Bonchev–Trinajstić information content (AvgIpc) is 2.66. The van der Waals surface area contributed by atoms with Gasteiger partial charge >= 0.3 is 0 Å². The molecule has 2 aromatic carbocycles. The van der Waals surface area contributed by atoms with Crippen LogP contribution in [0.5, 0.6) is 5.75 Å². The second kappa shape index (κ2) is 7.42. The standard InChI is InChI=1S/C20H23NO5S/c1-14(22)15-5-8-18(9-6-15)27(24,25)21-13-20(23)11-3-4-16-12-17(26-2)7-10-19(16)20/h5-10,12,21,23H,3-4,11,13H2,1-2H3. The van der Waals surface area contributed by atoms with E-state index in [0.29, 0.717) is 17.7 Å². The number of nitrogens with one attached hydrogen (secondary N) is 1. The maximum absolute atomic E-state index is 12.6. The Hall–Kier alpha value is -2.22. The van der Waals surface area contributed by atoms with E-state index in [-0.39, 0.29) is 17.2 Å². The van der Waals surface area contributed by atoms with Gasteiger partial charge in [0.1, 0.15) is 11.4 Å². The summed E-state index contributed by atoms with van der Waals surface area (Å²) in [4.78, 5) is 11.4. The molecule has 3 rings (SSSR count). The number of hydrogen-bond donors (Lipinski definition) is 2. The number of rotatable bonds is 6. The van der Waals surface area contributed by atoms with E-state index in [0.717, 1.165) is 24.0 Å². The van der Waals surface area contributed by atoms with Crippen LogP contribution in [0, 0.1) is 0 Å². The van der Waals surface area contributed by atoms with Gasteiger partial charge in [0, 0.05) is 12.1 Å².